The Morgan fingerprint density at radius 1 is 1.20 bits per heavy atom. The van der Waals surface area contributed by atoms with Gasteiger partial charge in [-0.25, -0.2) is 8.42 Å². The third-order valence-corrected chi connectivity index (χ3v) is 7.42. The minimum atomic E-state index is -3.98. The number of carbonyl (C=O) groups is 1. The first kappa shape index (κ1) is 19.7. The number of ether oxygens (including phenoxy) is 1. The van der Waals surface area contributed by atoms with Crippen LogP contribution in [-0.4, -0.2) is 55.4 Å². The quantitative estimate of drug-likeness (QED) is 0.709. The van der Waals surface area contributed by atoms with Crippen LogP contribution >= 0.6 is 0 Å². The molecule has 0 aliphatic carbocycles. The highest BCUT2D eigenvalue weighted by Crippen LogP contribution is 2.36. The third kappa shape index (κ3) is 3.98. The number of aliphatic carboxylic acids is 1. The number of nitrogens with zero attached hydrogens (tertiary/aromatic N) is 1. The van der Waals surface area contributed by atoms with Crippen LogP contribution in [-0.2, 0) is 14.6 Å². The minimum absolute atomic E-state index is 0.0442. The van der Waals surface area contributed by atoms with Crippen LogP contribution in [0.15, 0.2) is 29.2 Å². The average molecular weight is 369 g/mol. The van der Waals surface area contributed by atoms with E-state index in [0.29, 0.717) is 25.4 Å². The maximum atomic E-state index is 13.1. The number of hydrogen-bond acceptors (Lipinski definition) is 5. The lowest BCUT2D eigenvalue weighted by Crippen LogP contribution is -2.54. The van der Waals surface area contributed by atoms with Gasteiger partial charge in [-0.3, -0.25) is 4.79 Å². The smallest absolute Gasteiger partial charge is 0.325 e. The monoisotopic (exact) mass is 369 g/mol. The van der Waals surface area contributed by atoms with Gasteiger partial charge in [0.15, 0.2) is 14.6 Å². The Bertz CT molecular complexity index is 676. The summed E-state index contributed by atoms with van der Waals surface area (Å²) in [6.45, 7) is 6.36. The fourth-order valence-corrected chi connectivity index (χ4v) is 5.00. The van der Waals surface area contributed by atoms with E-state index in [2.05, 4.69) is 11.8 Å². The van der Waals surface area contributed by atoms with Gasteiger partial charge in [0.1, 0.15) is 5.75 Å². The van der Waals surface area contributed by atoms with Crippen molar-refractivity contribution >= 4 is 15.8 Å². The van der Waals surface area contributed by atoms with Crippen LogP contribution in [0.25, 0.3) is 0 Å². The molecule has 0 aromatic heterocycles. The van der Waals surface area contributed by atoms with Gasteiger partial charge in [0.2, 0.25) is 0 Å². The van der Waals surface area contributed by atoms with Crippen molar-refractivity contribution in [3.8, 4) is 5.75 Å². The first-order chi connectivity index (χ1) is 11.9. The number of likely N-dealkylation sites (tertiary alicyclic amines) is 1. The van der Waals surface area contributed by atoms with Gasteiger partial charge in [0, 0.05) is 13.1 Å². The molecular weight excluding hydrogens is 342 g/mol. The molecule has 2 rings (SSSR count). The molecule has 0 amide bonds. The lowest BCUT2D eigenvalue weighted by Gasteiger charge is -2.37. The zero-order chi connectivity index (χ0) is 18.5. The Morgan fingerprint density at radius 3 is 2.28 bits per heavy atom. The van der Waals surface area contributed by atoms with Gasteiger partial charge in [0.05, 0.1) is 11.5 Å². The molecule has 1 aliphatic rings. The first-order valence-corrected chi connectivity index (χ1v) is 10.3. The Kier molecular flexibility index (Phi) is 6.46. The molecular formula is C18H27NO5S. The number of unbranched alkanes of at least 4 members (excludes halogenated alkanes) is 1. The summed E-state index contributed by atoms with van der Waals surface area (Å²) >= 11 is 0. The van der Waals surface area contributed by atoms with Crippen molar-refractivity contribution in [2.45, 2.75) is 49.2 Å². The Balaban J connectivity index is 2.24. The number of rotatable bonds is 8. The van der Waals surface area contributed by atoms with Gasteiger partial charge in [-0.1, -0.05) is 20.3 Å². The molecule has 1 heterocycles. The molecule has 0 unspecified atom stereocenters. The molecule has 25 heavy (non-hydrogen) atoms. The fourth-order valence-electron chi connectivity index (χ4n) is 3.10. The van der Waals surface area contributed by atoms with Crippen molar-refractivity contribution < 1.29 is 23.1 Å². The second-order valence-corrected chi connectivity index (χ2v) is 8.67. The Labute approximate surface area is 149 Å². The van der Waals surface area contributed by atoms with E-state index < -0.39 is 20.6 Å². The molecule has 0 saturated carbocycles. The van der Waals surface area contributed by atoms with Crippen LogP contribution in [0.2, 0.25) is 0 Å². The van der Waals surface area contributed by atoms with Crippen molar-refractivity contribution in [1.82, 2.24) is 4.90 Å². The summed E-state index contributed by atoms with van der Waals surface area (Å²) in [7, 11) is -3.98. The van der Waals surface area contributed by atoms with E-state index in [1.807, 2.05) is 6.92 Å². The maximum Gasteiger partial charge on any atom is 0.325 e. The van der Waals surface area contributed by atoms with Gasteiger partial charge in [-0.2, -0.15) is 0 Å². The number of sulfone groups is 1. The Morgan fingerprint density at radius 2 is 1.80 bits per heavy atom. The van der Waals surface area contributed by atoms with Crippen molar-refractivity contribution in [3.05, 3.63) is 24.3 Å². The van der Waals surface area contributed by atoms with Gasteiger partial charge in [-0.15, -0.1) is 0 Å². The normalized spacial score (nSPS) is 18.0. The topological polar surface area (TPSA) is 83.9 Å². The summed E-state index contributed by atoms with van der Waals surface area (Å²) in [5, 5.41) is 9.72. The molecule has 1 aliphatic heterocycles. The fraction of sp³-hybridized carbons (Fsp3) is 0.611. The van der Waals surface area contributed by atoms with Crippen LogP contribution in [0.1, 0.15) is 39.5 Å². The highest BCUT2D eigenvalue weighted by atomic mass is 32.2. The molecule has 1 aromatic rings. The van der Waals surface area contributed by atoms with Crippen molar-refractivity contribution in [3.63, 3.8) is 0 Å². The van der Waals surface area contributed by atoms with Gasteiger partial charge in [0.25, 0.3) is 0 Å². The van der Waals surface area contributed by atoms with E-state index in [9.17, 15) is 18.3 Å². The number of piperidine rings is 1. The number of benzene rings is 1. The van der Waals surface area contributed by atoms with E-state index in [1.165, 1.54) is 12.1 Å². The highest BCUT2D eigenvalue weighted by molar-refractivity contribution is 7.93. The van der Waals surface area contributed by atoms with Crippen LogP contribution in [0, 0.1) is 0 Å². The van der Waals surface area contributed by atoms with E-state index >= 15 is 0 Å². The number of carboxylic acids is 1. The summed E-state index contributed by atoms with van der Waals surface area (Å²) < 4.78 is 30.0. The molecule has 0 spiro atoms. The summed E-state index contributed by atoms with van der Waals surface area (Å²) in [6, 6.07) is 6.10. The minimum Gasteiger partial charge on any atom is -0.494 e. The molecule has 0 atom stereocenters. The van der Waals surface area contributed by atoms with Crippen LogP contribution < -0.4 is 4.74 Å². The highest BCUT2D eigenvalue weighted by Gasteiger charge is 2.53. The van der Waals surface area contributed by atoms with E-state index in [0.717, 1.165) is 19.4 Å². The molecule has 0 bridgehead atoms. The molecule has 1 saturated heterocycles. The molecule has 140 valence electrons. The van der Waals surface area contributed by atoms with E-state index in [1.54, 1.807) is 12.1 Å². The molecule has 0 radical (unpaired) electrons. The van der Waals surface area contributed by atoms with Crippen LogP contribution in [0.3, 0.4) is 0 Å². The largest absolute Gasteiger partial charge is 0.494 e. The zero-order valence-corrected chi connectivity index (χ0v) is 15.7. The van der Waals surface area contributed by atoms with Gasteiger partial charge < -0.3 is 14.7 Å². The van der Waals surface area contributed by atoms with E-state index in [4.69, 9.17) is 4.74 Å². The van der Waals surface area contributed by atoms with Crippen molar-refractivity contribution in [1.29, 1.82) is 0 Å². The first-order valence-electron chi connectivity index (χ1n) is 8.80. The molecule has 1 N–H and O–H groups in total. The molecule has 7 heteroatoms. The lowest BCUT2D eigenvalue weighted by molar-refractivity contribution is -0.141. The summed E-state index contributed by atoms with van der Waals surface area (Å²) in [5.41, 5.74) is 0. The standard InChI is InChI=1S/C18H27NO5S/c1-3-5-14-24-15-6-8-16(9-7-15)25(22,23)18(17(20)21)10-12-19(4-2)13-11-18/h6-9H,3-5,10-14H2,1-2H3,(H,20,21). The number of carboxylic acid groups (broad SMARTS) is 1. The third-order valence-electron chi connectivity index (χ3n) is 4.92. The Hall–Kier alpha value is -1.60. The second kappa shape index (κ2) is 8.19. The second-order valence-electron chi connectivity index (χ2n) is 6.41. The van der Waals surface area contributed by atoms with E-state index in [-0.39, 0.29) is 17.7 Å². The predicted molar refractivity (Wildman–Crippen MR) is 95.7 cm³/mol. The molecule has 1 fully saturated rings. The molecule has 1 aromatic carbocycles. The average Bonchev–Trinajstić information content (AvgIpc) is 2.62. The summed E-state index contributed by atoms with van der Waals surface area (Å²) in [6.07, 6.45) is 2.15. The van der Waals surface area contributed by atoms with Crippen LogP contribution in [0.5, 0.6) is 5.75 Å². The van der Waals surface area contributed by atoms with Gasteiger partial charge in [-0.05, 0) is 50.1 Å². The van der Waals surface area contributed by atoms with Crippen LogP contribution in [0.4, 0.5) is 0 Å². The lowest BCUT2D eigenvalue weighted by atomic mass is 9.96. The van der Waals surface area contributed by atoms with Crippen molar-refractivity contribution in [2.24, 2.45) is 0 Å². The maximum absolute atomic E-state index is 13.1. The summed E-state index contributed by atoms with van der Waals surface area (Å²) in [5.74, 6) is -0.663. The predicted octanol–water partition coefficient (Wildman–Crippen LogP) is 2.58. The van der Waals surface area contributed by atoms with Gasteiger partial charge >= 0.3 is 5.97 Å². The summed E-state index contributed by atoms with van der Waals surface area (Å²) in [4.78, 5) is 14.0. The zero-order valence-electron chi connectivity index (χ0n) is 14.9. The van der Waals surface area contributed by atoms with Crippen molar-refractivity contribution in [2.75, 3.05) is 26.2 Å². The number of hydrogen-bond donors (Lipinski definition) is 1. The molecule has 6 nitrogen and oxygen atoms in total. The SMILES string of the molecule is CCCCOc1ccc(S(=O)(=O)C2(C(=O)O)CCN(CC)CC2)cc1.